The first-order chi connectivity index (χ1) is 15.1. The Morgan fingerprint density at radius 1 is 1.31 bits per heavy atom. The molecule has 0 aromatic heterocycles. The minimum Gasteiger partial charge on any atom is -0.480 e. The maximum absolute atomic E-state index is 12.9. The van der Waals surface area contributed by atoms with Crippen LogP contribution in [0.25, 0.3) is 0 Å². The number of hydrogen-bond acceptors (Lipinski definition) is 7. The van der Waals surface area contributed by atoms with Gasteiger partial charge in [0.05, 0.1) is 16.2 Å². The van der Waals surface area contributed by atoms with Crippen molar-refractivity contribution in [3.63, 3.8) is 0 Å². The van der Waals surface area contributed by atoms with Gasteiger partial charge in [0.2, 0.25) is 5.75 Å². The van der Waals surface area contributed by atoms with E-state index in [-0.39, 0.29) is 11.7 Å². The van der Waals surface area contributed by atoms with Gasteiger partial charge >= 0.3 is 17.8 Å². The Morgan fingerprint density at radius 3 is 2.75 bits per heavy atom. The third-order valence-electron chi connectivity index (χ3n) is 4.86. The first-order valence-corrected chi connectivity index (χ1v) is 10.3. The van der Waals surface area contributed by atoms with E-state index in [0.717, 1.165) is 12.1 Å². The van der Waals surface area contributed by atoms with E-state index in [2.05, 4.69) is 9.98 Å². The summed E-state index contributed by atoms with van der Waals surface area (Å²) in [5.41, 5.74) is -0.679. The number of nitro groups is 1. The van der Waals surface area contributed by atoms with E-state index >= 15 is 0 Å². The minimum absolute atomic E-state index is 0.200. The summed E-state index contributed by atoms with van der Waals surface area (Å²) < 4.78 is 44.2. The molecule has 166 valence electrons. The Balaban J connectivity index is 1.55. The van der Waals surface area contributed by atoms with Crippen LogP contribution in [0.3, 0.4) is 0 Å². The number of nitro benzene ring substituents is 1. The lowest BCUT2D eigenvalue weighted by molar-refractivity contribution is -0.386. The fourth-order valence-electron chi connectivity index (χ4n) is 3.26. The molecule has 12 heteroatoms. The van der Waals surface area contributed by atoms with Crippen LogP contribution in [0.1, 0.15) is 12.0 Å². The molecule has 2 heterocycles. The molecule has 0 amide bonds. The smallest absolute Gasteiger partial charge is 0.416 e. The van der Waals surface area contributed by atoms with Gasteiger partial charge in [-0.3, -0.25) is 20.1 Å². The summed E-state index contributed by atoms with van der Waals surface area (Å²) >= 11 is 1.31. The molecule has 2 aliphatic heterocycles. The Hall–Kier alpha value is -3.41. The topological polar surface area (TPSA) is 114 Å². The van der Waals surface area contributed by atoms with Crippen molar-refractivity contribution in [1.29, 1.82) is 0 Å². The largest absolute Gasteiger partial charge is 0.480 e. The summed E-state index contributed by atoms with van der Waals surface area (Å²) in [6, 6.07) is 1.31. The molecule has 0 spiro atoms. The number of halogens is 3. The average Bonchev–Trinajstić information content (AvgIpc) is 3.23. The van der Waals surface area contributed by atoms with Gasteiger partial charge in [-0.15, -0.1) is 11.8 Å². The second-order valence-electron chi connectivity index (χ2n) is 7.03. The van der Waals surface area contributed by atoms with Crippen molar-refractivity contribution in [2.45, 2.75) is 18.6 Å². The zero-order chi connectivity index (χ0) is 23.0. The van der Waals surface area contributed by atoms with Crippen molar-refractivity contribution in [2.75, 3.05) is 5.75 Å². The van der Waals surface area contributed by atoms with E-state index in [9.17, 15) is 28.1 Å². The number of allylic oxidation sites excluding steroid dienone is 5. The number of dihydropyridines is 1. The molecule has 0 saturated carbocycles. The normalized spacial score (nSPS) is 22.3. The number of nitrogens with zero attached hydrogens (tertiary/aromatic N) is 3. The van der Waals surface area contributed by atoms with Crippen LogP contribution in [-0.4, -0.2) is 38.5 Å². The van der Waals surface area contributed by atoms with E-state index in [1.807, 2.05) is 6.08 Å². The molecule has 1 aromatic carbocycles. The van der Waals surface area contributed by atoms with Gasteiger partial charge in [-0.2, -0.15) is 13.2 Å². The zero-order valence-corrected chi connectivity index (χ0v) is 16.9. The lowest BCUT2D eigenvalue weighted by Crippen LogP contribution is -2.18. The van der Waals surface area contributed by atoms with Crippen LogP contribution < -0.4 is 4.74 Å². The SMILES string of the molecule is O=C(O)[C@H]1CSC(C2=NC3=CC=C(Oc4ccc(C(F)(F)F)cc4[N+](=O)[O-])CC3C=C2)=N1. The van der Waals surface area contributed by atoms with Crippen molar-refractivity contribution < 1.29 is 32.7 Å². The lowest BCUT2D eigenvalue weighted by atomic mass is 9.93. The van der Waals surface area contributed by atoms with E-state index in [1.54, 1.807) is 18.2 Å². The number of benzene rings is 1. The van der Waals surface area contributed by atoms with Crippen LogP contribution >= 0.6 is 11.8 Å². The highest BCUT2D eigenvalue weighted by Crippen LogP contribution is 2.38. The predicted molar refractivity (Wildman–Crippen MR) is 111 cm³/mol. The quantitative estimate of drug-likeness (QED) is 0.510. The fourth-order valence-corrected chi connectivity index (χ4v) is 4.26. The number of thioether (sulfide) groups is 1. The number of fused-ring (bicyclic) bond motifs is 1. The highest BCUT2D eigenvalue weighted by atomic mass is 32.2. The van der Waals surface area contributed by atoms with E-state index in [0.29, 0.717) is 40.5 Å². The van der Waals surface area contributed by atoms with Gasteiger partial charge in [0.25, 0.3) is 0 Å². The van der Waals surface area contributed by atoms with Crippen LogP contribution in [-0.2, 0) is 11.0 Å². The number of alkyl halides is 3. The molecule has 0 saturated heterocycles. The Bertz CT molecular complexity index is 1150. The van der Waals surface area contributed by atoms with Crippen LogP contribution in [0.2, 0.25) is 0 Å². The Labute approximate surface area is 183 Å². The van der Waals surface area contributed by atoms with Gasteiger partial charge < -0.3 is 9.84 Å². The highest BCUT2D eigenvalue weighted by Gasteiger charge is 2.34. The van der Waals surface area contributed by atoms with Crippen molar-refractivity contribution >= 4 is 34.2 Å². The van der Waals surface area contributed by atoms with Gasteiger partial charge in [-0.1, -0.05) is 6.08 Å². The van der Waals surface area contributed by atoms with Gasteiger partial charge in [-0.25, -0.2) is 4.79 Å². The van der Waals surface area contributed by atoms with Gasteiger partial charge in [0, 0.05) is 29.9 Å². The highest BCUT2D eigenvalue weighted by molar-refractivity contribution is 8.16. The van der Waals surface area contributed by atoms with E-state index in [4.69, 9.17) is 9.84 Å². The third-order valence-corrected chi connectivity index (χ3v) is 5.93. The van der Waals surface area contributed by atoms with E-state index in [1.165, 1.54) is 11.8 Å². The zero-order valence-electron chi connectivity index (χ0n) is 16.1. The number of ether oxygens (including phenoxy) is 1. The summed E-state index contributed by atoms with van der Waals surface area (Å²) in [5.74, 6) is -0.807. The monoisotopic (exact) mass is 465 g/mol. The lowest BCUT2D eigenvalue weighted by Gasteiger charge is -2.23. The fraction of sp³-hybridized carbons (Fsp3) is 0.250. The number of aliphatic carboxylic acids is 1. The summed E-state index contributed by atoms with van der Waals surface area (Å²) in [6.07, 6.45) is 2.36. The molecule has 1 aliphatic carbocycles. The molecule has 8 nitrogen and oxygen atoms in total. The van der Waals surface area contributed by atoms with Gasteiger partial charge in [0.1, 0.15) is 10.8 Å². The molecule has 0 bridgehead atoms. The van der Waals surface area contributed by atoms with E-state index < -0.39 is 34.4 Å². The second kappa shape index (κ2) is 8.26. The van der Waals surface area contributed by atoms with Crippen LogP contribution in [0.5, 0.6) is 5.75 Å². The molecule has 32 heavy (non-hydrogen) atoms. The number of aliphatic imine (C=N–C) groups is 2. The molecule has 0 radical (unpaired) electrons. The van der Waals surface area contributed by atoms with Gasteiger partial charge in [0.15, 0.2) is 6.04 Å². The van der Waals surface area contributed by atoms with Crippen molar-refractivity contribution in [1.82, 2.24) is 0 Å². The first-order valence-electron chi connectivity index (χ1n) is 9.26. The molecule has 1 unspecified atom stereocenters. The molecule has 0 fully saturated rings. The standard InChI is InChI=1S/C20H14F3N3O5S/c21-20(22,23)11-2-6-17(16(8-11)26(29)30)31-12-3-5-13-10(7-12)1-4-14(24-13)18-25-15(9-32-18)19(27)28/h1-6,8,10,15H,7,9H2,(H,27,28)/t10?,15-/m1/s1. The second-order valence-corrected chi connectivity index (χ2v) is 8.04. The number of carboxylic acid groups (broad SMARTS) is 1. The molecule has 3 aliphatic rings. The summed E-state index contributed by atoms with van der Waals surface area (Å²) in [7, 11) is 0. The number of rotatable bonds is 5. The maximum Gasteiger partial charge on any atom is 0.416 e. The average molecular weight is 465 g/mol. The molecular formula is C20H14F3N3O5S. The predicted octanol–water partition coefficient (Wildman–Crippen LogP) is 4.39. The summed E-state index contributed by atoms with van der Waals surface area (Å²) in [5, 5.41) is 20.9. The van der Waals surface area contributed by atoms with Crippen LogP contribution in [0, 0.1) is 16.0 Å². The number of hydrogen-bond donors (Lipinski definition) is 1. The molecule has 2 atom stereocenters. The van der Waals surface area contributed by atoms with Crippen LogP contribution in [0.4, 0.5) is 18.9 Å². The molecule has 1 N–H and O–H groups in total. The van der Waals surface area contributed by atoms with Crippen molar-refractivity contribution in [3.05, 3.63) is 69.6 Å². The molecule has 4 rings (SSSR count). The first kappa shape index (κ1) is 21.8. The summed E-state index contributed by atoms with van der Waals surface area (Å²) in [6.45, 7) is 0. The van der Waals surface area contributed by atoms with Gasteiger partial charge in [-0.05, 0) is 30.4 Å². The maximum atomic E-state index is 12.9. The van der Waals surface area contributed by atoms with Crippen LogP contribution in [0.15, 0.2) is 63.9 Å². The van der Waals surface area contributed by atoms with Crippen molar-refractivity contribution in [3.8, 4) is 5.75 Å². The molecule has 1 aromatic rings. The number of carboxylic acids is 1. The minimum atomic E-state index is -4.71. The third kappa shape index (κ3) is 4.44. The Kier molecular flexibility index (Phi) is 5.63. The molecular weight excluding hydrogens is 451 g/mol. The van der Waals surface area contributed by atoms with Crippen molar-refractivity contribution in [2.24, 2.45) is 15.9 Å². The Morgan fingerprint density at radius 2 is 2.09 bits per heavy atom. The number of carbonyl (C=O) groups is 1. The summed E-state index contributed by atoms with van der Waals surface area (Å²) in [4.78, 5) is 30.1.